The molecule has 0 aliphatic rings. The van der Waals surface area contributed by atoms with Crippen LogP contribution in [0.25, 0.3) is 0 Å². The standard InChI is InChI=1S/C14H15N3O2/c15-14(19)8-13(18)12(9-17-7-6-16-10-17)11-4-2-1-3-5-11/h1-7,10,12H,8-9H2,(H2,15,19). The molecule has 1 unspecified atom stereocenters. The summed E-state index contributed by atoms with van der Waals surface area (Å²) in [6.07, 6.45) is 4.84. The van der Waals surface area contributed by atoms with E-state index >= 15 is 0 Å². The lowest BCUT2D eigenvalue weighted by Crippen LogP contribution is -2.24. The van der Waals surface area contributed by atoms with Gasteiger partial charge < -0.3 is 10.3 Å². The molecule has 2 aromatic rings. The predicted octanol–water partition coefficient (Wildman–Crippen LogP) is 1.11. The Kier molecular flexibility index (Phi) is 4.07. The van der Waals surface area contributed by atoms with Crippen LogP contribution >= 0.6 is 0 Å². The summed E-state index contributed by atoms with van der Waals surface area (Å²) >= 11 is 0. The first-order chi connectivity index (χ1) is 9.16. The fourth-order valence-corrected chi connectivity index (χ4v) is 1.98. The molecule has 5 nitrogen and oxygen atoms in total. The smallest absolute Gasteiger partial charge is 0.224 e. The van der Waals surface area contributed by atoms with E-state index in [1.54, 1.807) is 18.7 Å². The number of Topliss-reactive ketones (excluding diaryl/α,β-unsaturated/α-hetero) is 1. The summed E-state index contributed by atoms with van der Waals surface area (Å²) in [7, 11) is 0. The average Bonchev–Trinajstić information content (AvgIpc) is 2.89. The number of primary amides is 1. The predicted molar refractivity (Wildman–Crippen MR) is 70.2 cm³/mol. The average molecular weight is 257 g/mol. The van der Waals surface area contributed by atoms with E-state index in [-0.39, 0.29) is 18.1 Å². The van der Waals surface area contributed by atoms with Crippen molar-refractivity contribution >= 4 is 11.7 Å². The maximum atomic E-state index is 12.1. The number of amides is 1. The second-order valence-corrected chi connectivity index (χ2v) is 4.33. The number of hydrogen-bond donors (Lipinski definition) is 1. The van der Waals surface area contributed by atoms with Crippen LogP contribution in [0.3, 0.4) is 0 Å². The lowest BCUT2D eigenvalue weighted by Gasteiger charge is -2.16. The molecule has 0 aliphatic heterocycles. The molecule has 2 N–H and O–H groups in total. The molecule has 1 aromatic heterocycles. The molecule has 98 valence electrons. The van der Waals surface area contributed by atoms with Gasteiger partial charge in [0.2, 0.25) is 5.91 Å². The molecule has 19 heavy (non-hydrogen) atoms. The molecule has 1 atom stereocenters. The van der Waals surface area contributed by atoms with E-state index in [1.165, 1.54) is 0 Å². The molecule has 1 aromatic carbocycles. The van der Waals surface area contributed by atoms with Crippen LogP contribution in [-0.2, 0) is 16.1 Å². The van der Waals surface area contributed by atoms with E-state index in [1.807, 2.05) is 34.9 Å². The van der Waals surface area contributed by atoms with Gasteiger partial charge in [-0.25, -0.2) is 4.98 Å². The largest absolute Gasteiger partial charge is 0.369 e. The minimum atomic E-state index is -0.600. The van der Waals surface area contributed by atoms with E-state index in [0.717, 1.165) is 5.56 Å². The number of carbonyl (C=O) groups excluding carboxylic acids is 2. The Hall–Kier alpha value is -2.43. The lowest BCUT2D eigenvalue weighted by atomic mass is 9.92. The first kappa shape index (κ1) is 13.0. The fraction of sp³-hybridized carbons (Fsp3) is 0.214. The first-order valence-electron chi connectivity index (χ1n) is 5.98. The van der Waals surface area contributed by atoms with E-state index < -0.39 is 5.91 Å². The monoisotopic (exact) mass is 257 g/mol. The van der Waals surface area contributed by atoms with E-state index in [0.29, 0.717) is 6.54 Å². The van der Waals surface area contributed by atoms with Gasteiger partial charge in [-0.2, -0.15) is 0 Å². The van der Waals surface area contributed by atoms with E-state index in [4.69, 9.17) is 5.73 Å². The highest BCUT2D eigenvalue weighted by atomic mass is 16.2. The number of nitrogens with zero attached hydrogens (tertiary/aromatic N) is 2. The Morgan fingerprint density at radius 3 is 2.58 bits per heavy atom. The molecular formula is C14H15N3O2. The van der Waals surface area contributed by atoms with Crippen molar-refractivity contribution in [1.29, 1.82) is 0 Å². The number of hydrogen-bond acceptors (Lipinski definition) is 3. The molecule has 0 radical (unpaired) electrons. The van der Waals surface area contributed by atoms with Crippen LogP contribution in [0.15, 0.2) is 49.1 Å². The summed E-state index contributed by atoms with van der Waals surface area (Å²) < 4.78 is 1.82. The third kappa shape index (κ3) is 3.51. The van der Waals surface area contributed by atoms with Crippen molar-refractivity contribution in [3.8, 4) is 0 Å². The first-order valence-corrected chi connectivity index (χ1v) is 5.98. The normalized spacial score (nSPS) is 12.0. The second-order valence-electron chi connectivity index (χ2n) is 4.33. The molecular weight excluding hydrogens is 242 g/mol. The Labute approximate surface area is 111 Å². The Balaban J connectivity index is 2.23. The van der Waals surface area contributed by atoms with Gasteiger partial charge in [-0.15, -0.1) is 0 Å². The fourth-order valence-electron chi connectivity index (χ4n) is 1.98. The van der Waals surface area contributed by atoms with Crippen molar-refractivity contribution in [2.45, 2.75) is 18.9 Å². The van der Waals surface area contributed by atoms with Crippen molar-refractivity contribution in [2.75, 3.05) is 0 Å². The minimum Gasteiger partial charge on any atom is -0.369 e. The summed E-state index contributed by atoms with van der Waals surface area (Å²) in [4.78, 5) is 27.0. The van der Waals surface area contributed by atoms with Crippen molar-refractivity contribution in [1.82, 2.24) is 9.55 Å². The van der Waals surface area contributed by atoms with Gasteiger partial charge in [-0.3, -0.25) is 9.59 Å². The SMILES string of the molecule is NC(=O)CC(=O)C(Cn1ccnc1)c1ccccc1. The van der Waals surface area contributed by atoms with Crippen LogP contribution in [0, 0.1) is 0 Å². The Morgan fingerprint density at radius 1 is 1.26 bits per heavy atom. The van der Waals surface area contributed by atoms with Gasteiger partial charge in [-0.05, 0) is 5.56 Å². The zero-order valence-electron chi connectivity index (χ0n) is 10.4. The lowest BCUT2D eigenvalue weighted by molar-refractivity contribution is -0.127. The zero-order valence-corrected chi connectivity index (χ0v) is 10.4. The summed E-state index contributed by atoms with van der Waals surface area (Å²) in [6, 6.07) is 9.37. The highest BCUT2D eigenvalue weighted by molar-refractivity contribution is 6.00. The molecule has 0 spiro atoms. The van der Waals surface area contributed by atoms with Gasteiger partial charge >= 0.3 is 0 Å². The quantitative estimate of drug-likeness (QED) is 0.787. The maximum Gasteiger partial charge on any atom is 0.224 e. The van der Waals surface area contributed by atoms with E-state index in [9.17, 15) is 9.59 Å². The molecule has 1 heterocycles. The molecule has 0 fully saturated rings. The number of rotatable bonds is 6. The highest BCUT2D eigenvalue weighted by Crippen LogP contribution is 2.20. The van der Waals surface area contributed by atoms with Crippen LogP contribution in [0.5, 0.6) is 0 Å². The summed E-state index contributed by atoms with van der Waals surface area (Å²) in [5, 5.41) is 0. The molecule has 0 aliphatic carbocycles. The molecule has 2 rings (SSSR count). The minimum absolute atomic E-state index is 0.174. The number of carbonyl (C=O) groups is 2. The Morgan fingerprint density at radius 2 is 2.00 bits per heavy atom. The van der Waals surface area contributed by atoms with Gasteiger partial charge in [0.05, 0.1) is 18.7 Å². The third-order valence-corrected chi connectivity index (χ3v) is 2.89. The van der Waals surface area contributed by atoms with Crippen molar-refractivity contribution in [3.05, 3.63) is 54.6 Å². The highest BCUT2D eigenvalue weighted by Gasteiger charge is 2.22. The number of ketones is 1. The Bertz CT molecular complexity index is 549. The summed E-state index contributed by atoms with van der Waals surface area (Å²) in [5.41, 5.74) is 5.98. The van der Waals surface area contributed by atoms with E-state index in [2.05, 4.69) is 4.98 Å². The van der Waals surface area contributed by atoms with Gasteiger partial charge in [0, 0.05) is 18.9 Å². The van der Waals surface area contributed by atoms with Gasteiger partial charge in [0.15, 0.2) is 5.78 Å². The van der Waals surface area contributed by atoms with Crippen molar-refractivity contribution in [3.63, 3.8) is 0 Å². The van der Waals surface area contributed by atoms with Crippen LogP contribution in [0.1, 0.15) is 17.9 Å². The molecule has 0 saturated carbocycles. The second kappa shape index (κ2) is 5.95. The van der Waals surface area contributed by atoms with Crippen LogP contribution < -0.4 is 5.73 Å². The number of benzene rings is 1. The summed E-state index contributed by atoms with van der Waals surface area (Å²) in [5.74, 6) is -1.16. The molecule has 0 bridgehead atoms. The number of imidazole rings is 1. The summed E-state index contributed by atoms with van der Waals surface area (Å²) in [6.45, 7) is 0.454. The molecule has 5 heteroatoms. The van der Waals surface area contributed by atoms with Gasteiger partial charge in [0.25, 0.3) is 0 Å². The number of aromatic nitrogens is 2. The molecule has 1 amide bonds. The number of nitrogens with two attached hydrogens (primary N) is 1. The van der Waals surface area contributed by atoms with Crippen LogP contribution in [-0.4, -0.2) is 21.2 Å². The van der Waals surface area contributed by atoms with Crippen LogP contribution in [0.2, 0.25) is 0 Å². The zero-order chi connectivity index (χ0) is 13.7. The topological polar surface area (TPSA) is 78.0 Å². The van der Waals surface area contributed by atoms with Gasteiger partial charge in [0.1, 0.15) is 0 Å². The third-order valence-electron chi connectivity index (χ3n) is 2.89. The van der Waals surface area contributed by atoms with Crippen LogP contribution in [0.4, 0.5) is 0 Å². The van der Waals surface area contributed by atoms with Crippen molar-refractivity contribution in [2.24, 2.45) is 5.73 Å². The van der Waals surface area contributed by atoms with Crippen molar-refractivity contribution < 1.29 is 9.59 Å². The van der Waals surface area contributed by atoms with Gasteiger partial charge in [-0.1, -0.05) is 30.3 Å². The maximum absolute atomic E-state index is 12.1. The molecule has 0 saturated heterocycles.